The van der Waals surface area contributed by atoms with Gasteiger partial charge in [-0.3, -0.25) is 4.90 Å². The summed E-state index contributed by atoms with van der Waals surface area (Å²) < 4.78 is 0. The molecular weight excluding hydrogens is 296 g/mol. The highest BCUT2D eigenvalue weighted by Gasteiger charge is 2.25. The van der Waals surface area contributed by atoms with Gasteiger partial charge < -0.3 is 4.90 Å². The van der Waals surface area contributed by atoms with Crippen molar-refractivity contribution < 1.29 is 4.79 Å². The van der Waals surface area contributed by atoms with Crippen LogP contribution in [0, 0.1) is 0 Å². The summed E-state index contributed by atoms with van der Waals surface area (Å²) in [5, 5.41) is 0.673. The molecule has 1 heterocycles. The first-order valence-corrected chi connectivity index (χ1v) is 7.60. The van der Waals surface area contributed by atoms with E-state index >= 15 is 0 Å². The number of nitrogens with zero attached hydrogens (tertiary/aromatic N) is 2. The highest BCUT2D eigenvalue weighted by molar-refractivity contribution is 6.30. The van der Waals surface area contributed by atoms with Crippen molar-refractivity contribution in [2.45, 2.75) is 13.1 Å². The molecule has 1 aliphatic heterocycles. The number of urea groups is 1. The van der Waals surface area contributed by atoms with Crippen molar-refractivity contribution in [3.05, 3.63) is 83.0 Å². The topological polar surface area (TPSA) is 23.6 Å². The first-order chi connectivity index (χ1) is 10.7. The lowest BCUT2D eigenvalue weighted by Crippen LogP contribution is -2.44. The summed E-state index contributed by atoms with van der Waals surface area (Å²) in [7, 11) is 0. The van der Waals surface area contributed by atoms with Gasteiger partial charge in [-0.1, -0.05) is 72.3 Å². The summed E-state index contributed by atoms with van der Waals surface area (Å²) in [6, 6.07) is 19.8. The van der Waals surface area contributed by atoms with Crippen LogP contribution in [0.2, 0.25) is 0 Å². The first-order valence-electron chi connectivity index (χ1n) is 7.22. The lowest BCUT2D eigenvalue weighted by molar-refractivity contribution is 0.163. The van der Waals surface area contributed by atoms with Gasteiger partial charge in [0.2, 0.25) is 0 Å². The van der Waals surface area contributed by atoms with Crippen molar-refractivity contribution in [3.8, 4) is 0 Å². The molecule has 22 heavy (non-hydrogen) atoms. The third kappa shape index (κ3) is 3.49. The molecule has 0 saturated heterocycles. The van der Waals surface area contributed by atoms with Crippen LogP contribution in [0.3, 0.4) is 0 Å². The minimum absolute atomic E-state index is 0.0166. The molecule has 0 aromatic heterocycles. The van der Waals surface area contributed by atoms with Crippen LogP contribution in [0.15, 0.2) is 71.9 Å². The molecule has 2 amide bonds. The second-order valence-electron chi connectivity index (χ2n) is 5.31. The maximum absolute atomic E-state index is 12.6. The Hall–Kier alpha value is -2.26. The summed E-state index contributed by atoms with van der Waals surface area (Å²) in [5.41, 5.74) is 2.18. The van der Waals surface area contributed by atoms with Crippen molar-refractivity contribution in [1.29, 1.82) is 0 Å². The number of amides is 2. The number of carbonyl (C=O) groups excluding carboxylic acids is 1. The Labute approximate surface area is 135 Å². The fraction of sp³-hybridized carbons (Fsp3) is 0.167. The van der Waals surface area contributed by atoms with Crippen LogP contribution in [0.5, 0.6) is 0 Å². The van der Waals surface area contributed by atoms with E-state index in [0.29, 0.717) is 24.7 Å². The second-order valence-corrected chi connectivity index (χ2v) is 5.80. The number of hydrogen-bond donors (Lipinski definition) is 0. The number of carbonyl (C=O) groups is 1. The number of halogens is 1. The number of hydrogen-bond acceptors (Lipinski definition) is 1. The van der Waals surface area contributed by atoms with Gasteiger partial charge in [-0.05, 0) is 11.1 Å². The van der Waals surface area contributed by atoms with E-state index in [1.165, 1.54) is 0 Å². The van der Waals surface area contributed by atoms with Crippen molar-refractivity contribution in [1.82, 2.24) is 9.80 Å². The Morgan fingerprint density at radius 2 is 1.41 bits per heavy atom. The fourth-order valence-corrected chi connectivity index (χ4v) is 2.78. The SMILES string of the molecule is O=C1N(Cc2ccccc2)C=C(Cl)CN1Cc1ccccc1. The van der Waals surface area contributed by atoms with E-state index in [1.807, 2.05) is 60.7 Å². The van der Waals surface area contributed by atoms with Crippen LogP contribution in [0.4, 0.5) is 4.79 Å². The average molecular weight is 313 g/mol. The Morgan fingerprint density at radius 1 is 0.864 bits per heavy atom. The number of rotatable bonds is 4. The van der Waals surface area contributed by atoms with Gasteiger partial charge in [-0.2, -0.15) is 0 Å². The van der Waals surface area contributed by atoms with Crippen molar-refractivity contribution in [2.75, 3.05) is 6.54 Å². The highest BCUT2D eigenvalue weighted by atomic mass is 35.5. The number of benzene rings is 2. The van der Waals surface area contributed by atoms with Gasteiger partial charge in [0.15, 0.2) is 0 Å². The normalized spacial score (nSPS) is 15.0. The molecule has 0 N–H and O–H groups in total. The maximum Gasteiger partial charge on any atom is 0.324 e. The predicted octanol–water partition coefficient (Wildman–Crippen LogP) is 4.20. The van der Waals surface area contributed by atoms with Gasteiger partial charge in [0.1, 0.15) is 0 Å². The zero-order valence-electron chi connectivity index (χ0n) is 12.2. The molecule has 3 rings (SSSR count). The molecule has 0 aliphatic carbocycles. The Bertz CT molecular complexity index is 670. The molecule has 0 bridgehead atoms. The van der Waals surface area contributed by atoms with Crippen LogP contribution < -0.4 is 0 Å². The molecule has 0 spiro atoms. The summed E-state index contributed by atoms with van der Waals surface area (Å²) in [6.07, 6.45) is 1.73. The summed E-state index contributed by atoms with van der Waals surface area (Å²) >= 11 is 6.23. The van der Waals surface area contributed by atoms with Gasteiger partial charge in [0, 0.05) is 12.7 Å². The molecule has 2 aromatic rings. The molecular formula is C18H17ClN2O. The zero-order chi connectivity index (χ0) is 15.4. The van der Waals surface area contributed by atoms with Crippen LogP contribution in [-0.4, -0.2) is 22.4 Å². The third-order valence-electron chi connectivity index (χ3n) is 3.57. The zero-order valence-corrected chi connectivity index (χ0v) is 12.9. The largest absolute Gasteiger partial charge is 0.324 e. The van der Waals surface area contributed by atoms with E-state index in [2.05, 4.69) is 0 Å². The monoisotopic (exact) mass is 312 g/mol. The van der Waals surface area contributed by atoms with E-state index in [4.69, 9.17) is 11.6 Å². The molecule has 0 saturated carbocycles. The van der Waals surface area contributed by atoms with E-state index in [1.54, 1.807) is 16.0 Å². The summed E-state index contributed by atoms with van der Waals surface area (Å²) in [6.45, 7) is 1.55. The molecule has 0 atom stereocenters. The van der Waals surface area contributed by atoms with Gasteiger partial charge in [0.05, 0.1) is 18.1 Å². The standard InChI is InChI=1S/C18H17ClN2O/c19-17-13-20(11-15-7-3-1-4-8-15)18(22)21(14-17)12-16-9-5-2-6-10-16/h1-10,13H,11-12,14H2. The van der Waals surface area contributed by atoms with Gasteiger partial charge in [0.25, 0.3) is 0 Å². The molecule has 4 heteroatoms. The molecule has 0 unspecified atom stereocenters. The minimum atomic E-state index is -0.0166. The molecule has 1 aliphatic rings. The molecule has 2 aromatic carbocycles. The summed E-state index contributed by atoms with van der Waals surface area (Å²) in [5.74, 6) is 0. The third-order valence-corrected chi connectivity index (χ3v) is 3.78. The van der Waals surface area contributed by atoms with E-state index < -0.39 is 0 Å². The lowest BCUT2D eigenvalue weighted by Gasteiger charge is -2.33. The maximum atomic E-state index is 12.6. The Morgan fingerprint density at radius 3 is 2.00 bits per heavy atom. The van der Waals surface area contributed by atoms with E-state index in [9.17, 15) is 4.79 Å². The van der Waals surface area contributed by atoms with Crippen molar-refractivity contribution >= 4 is 17.6 Å². The Kier molecular flexibility index (Phi) is 4.45. The smallest absolute Gasteiger partial charge is 0.315 e. The second kappa shape index (κ2) is 6.67. The van der Waals surface area contributed by atoms with Crippen LogP contribution >= 0.6 is 11.6 Å². The van der Waals surface area contributed by atoms with Gasteiger partial charge in [-0.25, -0.2) is 4.79 Å². The van der Waals surface area contributed by atoms with Gasteiger partial charge in [-0.15, -0.1) is 0 Å². The van der Waals surface area contributed by atoms with Crippen molar-refractivity contribution in [3.63, 3.8) is 0 Å². The van der Waals surface area contributed by atoms with Crippen LogP contribution in [-0.2, 0) is 13.1 Å². The fourth-order valence-electron chi connectivity index (χ4n) is 2.52. The van der Waals surface area contributed by atoms with E-state index in [0.717, 1.165) is 11.1 Å². The molecule has 0 fully saturated rings. The lowest BCUT2D eigenvalue weighted by atomic mass is 10.2. The van der Waals surface area contributed by atoms with E-state index in [-0.39, 0.29) is 6.03 Å². The van der Waals surface area contributed by atoms with Crippen LogP contribution in [0.1, 0.15) is 11.1 Å². The average Bonchev–Trinajstić information content (AvgIpc) is 2.54. The highest BCUT2D eigenvalue weighted by Crippen LogP contribution is 2.20. The summed E-state index contributed by atoms with van der Waals surface area (Å²) in [4.78, 5) is 16.1. The quantitative estimate of drug-likeness (QED) is 0.829. The van der Waals surface area contributed by atoms with Crippen molar-refractivity contribution in [2.24, 2.45) is 0 Å². The molecule has 0 radical (unpaired) electrons. The molecule has 3 nitrogen and oxygen atoms in total. The van der Waals surface area contributed by atoms with Gasteiger partial charge >= 0.3 is 6.03 Å². The van der Waals surface area contributed by atoms with Crippen LogP contribution in [0.25, 0.3) is 0 Å². The molecule has 112 valence electrons. The minimum Gasteiger partial charge on any atom is -0.315 e. The predicted molar refractivity (Wildman–Crippen MR) is 88.2 cm³/mol. The Balaban J connectivity index is 1.75. The first kappa shape index (κ1) is 14.7.